The molecule has 0 heterocycles. The van der Waals surface area contributed by atoms with Crippen molar-refractivity contribution in [3.63, 3.8) is 0 Å². The number of rotatable bonds is 0. The maximum atomic E-state index is 2.35. The first kappa shape index (κ1) is 17.1. The summed E-state index contributed by atoms with van der Waals surface area (Å²) in [5, 5.41) is 8.24. The summed E-state index contributed by atoms with van der Waals surface area (Å²) in [6.45, 7) is 14.1. The molecule has 0 N–H and O–H groups in total. The van der Waals surface area contributed by atoms with E-state index in [1.807, 2.05) is 0 Å². The molecule has 0 aliphatic carbocycles. The van der Waals surface area contributed by atoms with E-state index < -0.39 is 0 Å². The predicted octanol–water partition coefficient (Wildman–Crippen LogP) is 7.74. The Hall–Kier alpha value is -2.34. The highest BCUT2D eigenvalue weighted by molar-refractivity contribution is 6.22. The second-order valence-electron chi connectivity index (χ2n) is 9.50. The Bertz CT molecular complexity index is 1130. The fraction of sp³-hybridized carbons (Fsp3) is 0.308. The van der Waals surface area contributed by atoms with Crippen molar-refractivity contribution in [1.82, 2.24) is 0 Å². The van der Waals surface area contributed by atoms with Crippen molar-refractivity contribution < 1.29 is 0 Å². The molecule has 0 aromatic heterocycles. The summed E-state index contributed by atoms with van der Waals surface area (Å²) < 4.78 is 0. The zero-order valence-electron chi connectivity index (χ0n) is 16.8. The van der Waals surface area contributed by atoms with Gasteiger partial charge < -0.3 is 0 Å². The van der Waals surface area contributed by atoms with E-state index in [-0.39, 0.29) is 10.8 Å². The lowest BCUT2D eigenvalue weighted by Gasteiger charge is -2.33. The molecule has 0 saturated carbocycles. The summed E-state index contributed by atoms with van der Waals surface area (Å²) in [6.07, 6.45) is 0. The van der Waals surface area contributed by atoms with Gasteiger partial charge in [-0.25, -0.2) is 0 Å². The lowest BCUT2D eigenvalue weighted by Crippen LogP contribution is -2.23. The first-order valence-electron chi connectivity index (χ1n) is 9.57. The molecule has 0 bridgehead atoms. The van der Waals surface area contributed by atoms with Gasteiger partial charge in [-0.3, -0.25) is 0 Å². The zero-order chi connectivity index (χ0) is 18.7. The Balaban J connectivity index is 2.41. The largest absolute Gasteiger partial charge is 0.0616 e. The molecule has 0 amide bonds. The van der Waals surface area contributed by atoms with Crippen molar-refractivity contribution in [2.75, 3.05) is 0 Å². The van der Waals surface area contributed by atoms with Crippen molar-refractivity contribution in [2.45, 2.75) is 52.4 Å². The van der Waals surface area contributed by atoms with Crippen LogP contribution in [0.2, 0.25) is 0 Å². The van der Waals surface area contributed by atoms with Crippen LogP contribution >= 0.6 is 0 Å². The van der Waals surface area contributed by atoms with Crippen LogP contribution in [-0.2, 0) is 10.8 Å². The minimum Gasteiger partial charge on any atom is -0.0616 e. The molecule has 0 fully saturated rings. The average Bonchev–Trinajstić information content (AvgIpc) is 2.58. The lowest BCUT2D eigenvalue weighted by atomic mass is 9.70. The van der Waals surface area contributed by atoms with E-state index in [9.17, 15) is 0 Å². The van der Waals surface area contributed by atoms with Gasteiger partial charge in [0.05, 0.1) is 0 Å². The highest BCUT2D eigenvalue weighted by atomic mass is 14.3. The fourth-order valence-corrected chi connectivity index (χ4v) is 4.52. The van der Waals surface area contributed by atoms with Gasteiger partial charge >= 0.3 is 0 Å². The van der Waals surface area contributed by atoms with E-state index in [1.54, 1.807) is 0 Å². The van der Waals surface area contributed by atoms with Crippen molar-refractivity contribution in [1.29, 1.82) is 0 Å². The average molecular weight is 341 g/mol. The Morgan fingerprint density at radius 1 is 0.462 bits per heavy atom. The third-order valence-corrected chi connectivity index (χ3v) is 5.41. The molecule has 26 heavy (non-hydrogen) atoms. The summed E-state index contributed by atoms with van der Waals surface area (Å²) in [5.41, 5.74) is 3.14. The van der Waals surface area contributed by atoms with Crippen LogP contribution in [0, 0.1) is 0 Å². The SMILES string of the molecule is CC(C)(C)c1c(C(C)(C)C)c2ccc3ccccc3c2c2ccccc12. The lowest BCUT2D eigenvalue weighted by molar-refractivity contribution is 0.539. The van der Waals surface area contributed by atoms with Gasteiger partial charge in [0.15, 0.2) is 0 Å². The van der Waals surface area contributed by atoms with Crippen LogP contribution in [0.5, 0.6) is 0 Å². The third-order valence-electron chi connectivity index (χ3n) is 5.41. The molecule has 0 radical (unpaired) electrons. The van der Waals surface area contributed by atoms with Gasteiger partial charge in [-0.15, -0.1) is 0 Å². The van der Waals surface area contributed by atoms with Crippen LogP contribution in [0.4, 0.5) is 0 Å². The summed E-state index contributed by atoms with van der Waals surface area (Å²) >= 11 is 0. The Kier molecular flexibility index (Phi) is 3.67. The van der Waals surface area contributed by atoms with E-state index in [1.165, 1.54) is 43.4 Å². The van der Waals surface area contributed by atoms with Gasteiger partial charge in [0.2, 0.25) is 0 Å². The first-order chi connectivity index (χ1) is 12.2. The molecule has 4 rings (SSSR count). The van der Waals surface area contributed by atoms with Crippen LogP contribution in [0.25, 0.3) is 32.3 Å². The van der Waals surface area contributed by atoms with Crippen molar-refractivity contribution in [3.8, 4) is 0 Å². The Morgan fingerprint density at radius 3 is 1.58 bits per heavy atom. The highest BCUT2D eigenvalue weighted by Crippen LogP contribution is 2.45. The number of fused-ring (bicyclic) bond motifs is 5. The minimum absolute atomic E-state index is 0.0767. The van der Waals surface area contributed by atoms with Gasteiger partial charge in [-0.05, 0) is 54.3 Å². The second kappa shape index (κ2) is 5.58. The Labute approximate surface area is 156 Å². The quantitative estimate of drug-likeness (QED) is 0.287. The highest BCUT2D eigenvalue weighted by Gasteiger charge is 2.30. The molecule has 4 aromatic rings. The normalized spacial score (nSPS) is 13.0. The van der Waals surface area contributed by atoms with E-state index in [0.717, 1.165) is 0 Å². The third kappa shape index (κ3) is 2.51. The number of benzene rings is 4. The molecule has 132 valence electrons. The fourth-order valence-electron chi connectivity index (χ4n) is 4.52. The standard InChI is InChI=1S/C26H28/c1-25(2,3)23-20-14-10-9-13-19(20)22-18-12-8-7-11-17(18)15-16-21(22)24(23)26(4,5)6/h7-16H,1-6H3. The van der Waals surface area contributed by atoms with Crippen LogP contribution in [0.3, 0.4) is 0 Å². The monoisotopic (exact) mass is 340 g/mol. The van der Waals surface area contributed by atoms with Crippen LogP contribution in [0.15, 0.2) is 60.7 Å². The van der Waals surface area contributed by atoms with Gasteiger partial charge in [0.25, 0.3) is 0 Å². The molecule has 0 saturated heterocycles. The summed E-state index contributed by atoms with van der Waals surface area (Å²) in [4.78, 5) is 0. The number of hydrogen-bond donors (Lipinski definition) is 0. The van der Waals surface area contributed by atoms with E-state index in [0.29, 0.717) is 0 Å². The first-order valence-corrected chi connectivity index (χ1v) is 9.57. The topological polar surface area (TPSA) is 0 Å². The summed E-state index contributed by atoms with van der Waals surface area (Å²) in [7, 11) is 0. The molecule has 0 nitrogen and oxygen atoms in total. The van der Waals surface area contributed by atoms with E-state index in [4.69, 9.17) is 0 Å². The molecule has 0 unspecified atom stereocenters. The van der Waals surface area contributed by atoms with E-state index in [2.05, 4.69) is 102 Å². The predicted molar refractivity (Wildman–Crippen MR) is 116 cm³/mol. The molecule has 4 aromatic carbocycles. The van der Waals surface area contributed by atoms with Gasteiger partial charge in [0, 0.05) is 0 Å². The van der Waals surface area contributed by atoms with Gasteiger partial charge in [0.1, 0.15) is 0 Å². The summed E-state index contributed by atoms with van der Waals surface area (Å²) in [6, 6.07) is 22.4. The molecule has 0 atom stereocenters. The van der Waals surface area contributed by atoms with Gasteiger partial charge in [-0.1, -0.05) is 102 Å². The Morgan fingerprint density at radius 2 is 0.962 bits per heavy atom. The van der Waals surface area contributed by atoms with Crippen LogP contribution < -0.4 is 0 Å². The van der Waals surface area contributed by atoms with E-state index >= 15 is 0 Å². The zero-order valence-corrected chi connectivity index (χ0v) is 16.8. The van der Waals surface area contributed by atoms with Crippen molar-refractivity contribution in [2.24, 2.45) is 0 Å². The van der Waals surface area contributed by atoms with Gasteiger partial charge in [-0.2, -0.15) is 0 Å². The van der Waals surface area contributed by atoms with Crippen LogP contribution in [0.1, 0.15) is 52.7 Å². The molecule has 0 aliphatic heterocycles. The molecule has 0 spiro atoms. The minimum atomic E-state index is 0.0767. The molecule has 0 aliphatic rings. The maximum absolute atomic E-state index is 2.35. The van der Waals surface area contributed by atoms with Crippen molar-refractivity contribution >= 4 is 32.3 Å². The molecular formula is C26H28. The van der Waals surface area contributed by atoms with Crippen LogP contribution in [-0.4, -0.2) is 0 Å². The summed E-state index contributed by atoms with van der Waals surface area (Å²) in [5.74, 6) is 0. The second-order valence-corrected chi connectivity index (χ2v) is 9.50. The molecular weight excluding hydrogens is 312 g/mol. The number of hydrogen-bond acceptors (Lipinski definition) is 0. The van der Waals surface area contributed by atoms with Crippen molar-refractivity contribution in [3.05, 3.63) is 71.8 Å². The smallest absolute Gasteiger partial charge is 0.00236 e. The molecule has 0 heteroatoms. The maximum Gasteiger partial charge on any atom is -0.00236 e.